The molecule has 1 aromatic carbocycles. The molecular formula is C18H24N4O3. The van der Waals surface area contributed by atoms with Crippen LogP contribution >= 0.6 is 0 Å². The van der Waals surface area contributed by atoms with Gasteiger partial charge in [0, 0.05) is 32.8 Å². The highest BCUT2D eigenvalue weighted by molar-refractivity contribution is 5.95. The first-order chi connectivity index (χ1) is 12.2. The summed E-state index contributed by atoms with van der Waals surface area (Å²) in [5, 5.41) is 7.80. The number of aromatic nitrogens is 2. The molecule has 0 saturated carbocycles. The van der Waals surface area contributed by atoms with Gasteiger partial charge in [0.25, 0.3) is 5.91 Å². The smallest absolute Gasteiger partial charge is 0.278 e. The average molecular weight is 344 g/mol. The van der Waals surface area contributed by atoms with Crippen molar-refractivity contribution >= 4 is 5.91 Å². The summed E-state index contributed by atoms with van der Waals surface area (Å²) in [4.78, 5) is 14.9. The number of nitrogens with one attached hydrogen (secondary N) is 1. The Morgan fingerprint density at radius 2 is 2.12 bits per heavy atom. The van der Waals surface area contributed by atoms with Gasteiger partial charge in [-0.25, -0.2) is 4.68 Å². The summed E-state index contributed by atoms with van der Waals surface area (Å²) in [6.07, 6.45) is 1.76. The Labute approximate surface area is 147 Å². The fraction of sp³-hybridized carbons (Fsp3) is 0.444. The Morgan fingerprint density at radius 3 is 2.84 bits per heavy atom. The molecule has 2 heterocycles. The third-order valence-corrected chi connectivity index (χ3v) is 4.21. The van der Waals surface area contributed by atoms with E-state index < -0.39 is 0 Å². The summed E-state index contributed by atoms with van der Waals surface area (Å²) in [6, 6.07) is 9.80. The van der Waals surface area contributed by atoms with E-state index in [0.717, 1.165) is 18.8 Å². The van der Waals surface area contributed by atoms with Crippen molar-refractivity contribution in [3.63, 3.8) is 0 Å². The molecule has 1 aliphatic rings. The molecular weight excluding hydrogens is 320 g/mol. The predicted octanol–water partition coefficient (Wildman–Crippen LogP) is 1.33. The number of methoxy groups -OCH3 is 1. The number of ether oxygens (including phenoxy) is 2. The molecule has 134 valence electrons. The van der Waals surface area contributed by atoms with Crippen LogP contribution in [0.15, 0.2) is 36.5 Å². The fourth-order valence-electron chi connectivity index (χ4n) is 2.84. The topological polar surface area (TPSA) is 68.6 Å². The van der Waals surface area contributed by atoms with Gasteiger partial charge in [0.15, 0.2) is 11.4 Å². The van der Waals surface area contributed by atoms with E-state index in [-0.39, 0.29) is 11.9 Å². The molecule has 1 N–H and O–H groups in total. The minimum atomic E-state index is -0.101. The summed E-state index contributed by atoms with van der Waals surface area (Å²) >= 11 is 0. The third kappa shape index (κ3) is 4.00. The maximum atomic E-state index is 13.0. The van der Waals surface area contributed by atoms with Crippen molar-refractivity contribution < 1.29 is 14.3 Å². The second-order valence-corrected chi connectivity index (χ2v) is 6.02. The molecule has 1 atom stereocenters. The quantitative estimate of drug-likeness (QED) is 0.801. The molecule has 7 heteroatoms. The zero-order valence-electron chi connectivity index (χ0n) is 14.6. The van der Waals surface area contributed by atoms with Gasteiger partial charge in [-0.3, -0.25) is 4.79 Å². The van der Waals surface area contributed by atoms with E-state index in [1.807, 2.05) is 42.2 Å². The maximum Gasteiger partial charge on any atom is 0.278 e. The molecule has 7 nitrogen and oxygen atoms in total. The number of carbonyl (C=O) groups excluding carboxylic acids is 1. The van der Waals surface area contributed by atoms with Crippen LogP contribution in [0.5, 0.6) is 5.75 Å². The highest BCUT2D eigenvalue weighted by atomic mass is 16.5. The van der Waals surface area contributed by atoms with Gasteiger partial charge < -0.3 is 19.7 Å². The first-order valence-corrected chi connectivity index (χ1v) is 8.49. The molecule has 25 heavy (non-hydrogen) atoms. The van der Waals surface area contributed by atoms with Crippen molar-refractivity contribution in [1.29, 1.82) is 0 Å². The number of piperazine rings is 1. The van der Waals surface area contributed by atoms with Gasteiger partial charge in [-0.1, -0.05) is 18.2 Å². The Balaban J connectivity index is 1.89. The molecule has 0 unspecified atom stereocenters. The van der Waals surface area contributed by atoms with E-state index in [0.29, 0.717) is 31.2 Å². The number of nitrogens with zero attached hydrogens (tertiary/aromatic N) is 3. The second-order valence-electron chi connectivity index (χ2n) is 6.02. The number of carbonyl (C=O) groups is 1. The van der Waals surface area contributed by atoms with Crippen molar-refractivity contribution in [2.45, 2.75) is 13.0 Å². The highest BCUT2D eigenvalue weighted by Gasteiger charge is 2.29. The van der Waals surface area contributed by atoms with Crippen LogP contribution in [-0.2, 0) is 4.74 Å². The molecule has 1 saturated heterocycles. The first kappa shape index (κ1) is 17.4. The molecule has 1 amide bonds. The van der Waals surface area contributed by atoms with Crippen LogP contribution in [0.4, 0.5) is 0 Å². The number of benzene rings is 1. The molecule has 0 radical (unpaired) electrons. The van der Waals surface area contributed by atoms with Crippen molar-refractivity contribution in [1.82, 2.24) is 20.0 Å². The highest BCUT2D eigenvalue weighted by Crippen LogP contribution is 2.22. The van der Waals surface area contributed by atoms with Crippen molar-refractivity contribution in [2.24, 2.45) is 0 Å². The van der Waals surface area contributed by atoms with E-state index in [4.69, 9.17) is 9.47 Å². The normalized spacial score (nSPS) is 17.5. The Hall–Kier alpha value is -2.38. The summed E-state index contributed by atoms with van der Waals surface area (Å²) in [6.45, 7) is 5.09. The molecule has 1 aromatic heterocycles. The lowest BCUT2D eigenvalue weighted by Crippen LogP contribution is -2.52. The first-order valence-electron chi connectivity index (χ1n) is 8.49. The summed E-state index contributed by atoms with van der Waals surface area (Å²) in [5.41, 5.74) is 1.22. The van der Waals surface area contributed by atoms with E-state index >= 15 is 0 Å². The van der Waals surface area contributed by atoms with Gasteiger partial charge in [0.1, 0.15) is 6.61 Å². The molecule has 0 aliphatic carbocycles. The van der Waals surface area contributed by atoms with Crippen LogP contribution in [0.2, 0.25) is 0 Å². The van der Waals surface area contributed by atoms with Crippen LogP contribution in [0.3, 0.4) is 0 Å². The standard InChI is InChI=1S/C18H24N4O3/c1-14-12-19-8-9-21(14)18(23)17-16(25-11-10-24-2)13-22(20-17)15-6-4-3-5-7-15/h3-7,13-14,19H,8-12H2,1-2H3/t14-/m1/s1. The lowest BCUT2D eigenvalue weighted by atomic mass is 10.2. The van der Waals surface area contributed by atoms with Crippen molar-refractivity contribution in [3.05, 3.63) is 42.2 Å². The average Bonchev–Trinajstić information content (AvgIpc) is 3.07. The van der Waals surface area contributed by atoms with Gasteiger partial charge >= 0.3 is 0 Å². The van der Waals surface area contributed by atoms with E-state index in [1.165, 1.54) is 0 Å². The van der Waals surface area contributed by atoms with E-state index in [2.05, 4.69) is 10.4 Å². The zero-order valence-corrected chi connectivity index (χ0v) is 14.6. The summed E-state index contributed by atoms with van der Waals surface area (Å²) < 4.78 is 12.5. The monoisotopic (exact) mass is 344 g/mol. The number of hydrogen-bond donors (Lipinski definition) is 1. The van der Waals surface area contributed by atoms with Gasteiger partial charge in [0.05, 0.1) is 18.5 Å². The Morgan fingerprint density at radius 1 is 1.32 bits per heavy atom. The van der Waals surface area contributed by atoms with Gasteiger partial charge in [-0.15, -0.1) is 0 Å². The fourth-order valence-corrected chi connectivity index (χ4v) is 2.84. The lowest BCUT2D eigenvalue weighted by Gasteiger charge is -2.33. The largest absolute Gasteiger partial charge is 0.487 e. The van der Waals surface area contributed by atoms with Crippen LogP contribution in [0.1, 0.15) is 17.4 Å². The van der Waals surface area contributed by atoms with Gasteiger partial charge in [-0.2, -0.15) is 5.10 Å². The SMILES string of the molecule is COCCOc1cn(-c2ccccc2)nc1C(=O)N1CCNC[C@H]1C. The molecule has 1 fully saturated rings. The molecule has 0 bridgehead atoms. The summed E-state index contributed by atoms with van der Waals surface area (Å²) in [7, 11) is 1.62. The van der Waals surface area contributed by atoms with E-state index in [9.17, 15) is 4.79 Å². The maximum absolute atomic E-state index is 13.0. The minimum Gasteiger partial charge on any atom is -0.487 e. The lowest BCUT2D eigenvalue weighted by molar-refractivity contribution is 0.0642. The Bertz CT molecular complexity index is 702. The second kappa shape index (κ2) is 8.13. The zero-order chi connectivity index (χ0) is 17.6. The number of rotatable bonds is 6. The van der Waals surface area contributed by atoms with Gasteiger partial charge in [0.2, 0.25) is 0 Å². The number of hydrogen-bond acceptors (Lipinski definition) is 5. The number of para-hydroxylation sites is 1. The molecule has 1 aliphatic heterocycles. The van der Waals surface area contributed by atoms with Gasteiger partial charge in [-0.05, 0) is 19.1 Å². The van der Waals surface area contributed by atoms with Crippen LogP contribution < -0.4 is 10.1 Å². The van der Waals surface area contributed by atoms with Crippen molar-refractivity contribution in [3.8, 4) is 11.4 Å². The van der Waals surface area contributed by atoms with Crippen molar-refractivity contribution in [2.75, 3.05) is 40.0 Å². The predicted molar refractivity (Wildman–Crippen MR) is 94.3 cm³/mol. The van der Waals surface area contributed by atoms with Crippen LogP contribution in [0.25, 0.3) is 5.69 Å². The third-order valence-electron chi connectivity index (χ3n) is 4.21. The van der Waals surface area contributed by atoms with E-state index in [1.54, 1.807) is 18.0 Å². The Kier molecular flexibility index (Phi) is 5.67. The molecule has 2 aromatic rings. The van der Waals surface area contributed by atoms with Crippen LogP contribution in [0, 0.1) is 0 Å². The number of amides is 1. The summed E-state index contributed by atoms with van der Waals surface area (Å²) in [5.74, 6) is 0.382. The van der Waals surface area contributed by atoms with Crippen LogP contribution in [-0.4, -0.2) is 66.6 Å². The molecule has 3 rings (SSSR count). The minimum absolute atomic E-state index is 0.101. The molecule has 0 spiro atoms.